The average molecular weight is 674 g/mol. The molecule has 6 heterocycles. The van der Waals surface area contributed by atoms with E-state index in [1.165, 1.54) is 0 Å². The molecule has 4 fully saturated rings. The van der Waals surface area contributed by atoms with Crippen LogP contribution in [0.3, 0.4) is 0 Å². The minimum Gasteiger partial charge on any atom is -0.489 e. The summed E-state index contributed by atoms with van der Waals surface area (Å²) in [6.07, 6.45) is 6.80. The number of carbonyl (C=O) groups is 2. The molecule has 1 spiro atoms. The molecule has 2 amide bonds. The number of benzene rings is 1. The normalized spacial score (nSPS) is 22.2. The van der Waals surface area contributed by atoms with E-state index in [0.717, 1.165) is 78.2 Å². The van der Waals surface area contributed by atoms with Gasteiger partial charge in [-0.1, -0.05) is 12.1 Å². The molecule has 1 saturated carbocycles. The third kappa shape index (κ3) is 5.70. The number of ether oxygens (including phenoxy) is 2. The van der Waals surface area contributed by atoms with Crippen molar-refractivity contribution in [3.05, 3.63) is 77.2 Å². The predicted molar refractivity (Wildman–Crippen MR) is 188 cm³/mol. The molecule has 1 aromatic carbocycles. The van der Waals surface area contributed by atoms with Crippen molar-refractivity contribution in [3.8, 4) is 22.9 Å². The van der Waals surface area contributed by atoms with Crippen molar-refractivity contribution in [2.75, 3.05) is 44.2 Å². The van der Waals surface area contributed by atoms with Crippen LogP contribution in [0.25, 0.3) is 16.6 Å². The first kappa shape index (κ1) is 32.1. The second-order valence-corrected chi connectivity index (χ2v) is 15.8. The van der Waals surface area contributed by atoms with E-state index in [0.29, 0.717) is 36.2 Å². The molecule has 11 heteroatoms. The van der Waals surface area contributed by atoms with Gasteiger partial charge in [-0.2, -0.15) is 10.4 Å². The quantitative estimate of drug-likeness (QED) is 0.258. The van der Waals surface area contributed by atoms with E-state index in [4.69, 9.17) is 14.5 Å². The van der Waals surface area contributed by atoms with Crippen LogP contribution in [0, 0.1) is 42.4 Å². The topological polar surface area (TPSA) is 116 Å². The van der Waals surface area contributed by atoms with Crippen LogP contribution in [0.1, 0.15) is 60.7 Å². The fourth-order valence-electron chi connectivity index (χ4n) is 8.39. The lowest BCUT2D eigenvalue weighted by molar-refractivity contribution is -0.0108. The number of hydrogen-bond acceptors (Lipinski definition) is 8. The number of hydrogen-bond donors (Lipinski definition) is 0. The summed E-state index contributed by atoms with van der Waals surface area (Å²) in [7, 11) is 0. The largest absolute Gasteiger partial charge is 0.489 e. The van der Waals surface area contributed by atoms with E-state index in [2.05, 4.69) is 16.1 Å². The van der Waals surface area contributed by atoms with E-state index < -0.39 is 5.60 Å². The van der Waals surface area contributed by atoms with E-state index >= 15 is 0 Å². The molecule has 50 heavy (non-hydrogen) atoms. The van der Waals surface area contributed by atoms with Gasteiger partial charge in [0.2, 0.25) is 0 Å². The number of carbonyl (C=O) groups excluding carboxylic acids is 2. The van der Waals surface area contributed by atoms with Gasteiger partial charge in [0.05, 0.1) is 29.6 Å². The molecule has 0 N–H and O–H groups in total. The van der Waals surface area contributed by atoms with Crippen molar-refractivity contribution in [2.45, 2.75) is 59.2 Å². The van der Waals surface area contributed by atoms with Crippen LogP contribution in [0.5, 0.6) is 5.75 Å². The summed E-state index contributed by atoms with van der Waals surface area (Å²) in [5.41, 5.74) is 5.53. The fraction of sp³-hybridized carbons (Fsp3) is 0.462. The minimum atomic E-state index is -0.509. The highest BCUT2D eigenvalue weighted by Crippen LogP contribution is 2.43. The molecule has 3 aromatic heterocycles. The number of likely N-dealkylation sites (tertiary alicyclic amines) is 2. The van der Waals surface area contributed by atoms with Gasteiger partial charge in [0.25, 0.3) is 5.91 Å². The van der Waals surface area contributed by atoms with Gasteiger partial charge in [0.15, 0.2) is 0 Å². The van der Waals surface area contributed by atoms with Crippen LogP contribution >= 0.6 is 0 Å². The summed E-state index contributed by atoms with van der Waals surface area (Å²) in [6, 6.07) is 14.3. The second kappa shape index (κ2) is 11.8. The SMILES string of the molecule is Cc1cccc(C(=O)N2CC3(C2)CN(c2ccc(-c4cc(OC5CC6CN(C(=O)OC(C)(C)C)CC6C5)cn5ncc(C#N)c45)cn2)C3)c1C. The second-order valence-electron chi connectivity index (χ2n) is 15.8. The number of nitriles is 1. The van der Waals surface area contributed by atoms with Crippen molar-refractivity contribution < 1.29 is 19.1 Å². The Morgan fingerprint density at radius 3 is 2.38 bits per heavy atom. The molecule has 2 unspecified atom stereocenters. The summed E-state index contributed by atoms with van der Waals surface area (Å²) < 4.78 is 13.9. The summed E-state index contributed by atoms with van der Waals surface area (Å²) in [5.74, 6) is 2.46. The van der Waals surface area contributed by atoms with Crippen LogP contribution < -0.4 is 9.64 Å². The summed E-state index contributed by atoms with van der Waals surface area (Å²) in [4.78, 5) is 36.7. The van der Waals surface area contributed by atoms with Crippen LogP contribution in [-0.4, -0.2) is 87.4 Å². The number of anilines is 1. The Morgan fingerprint density at radius 1 is 0.980 bits per heavy atom. The van der Waals surface area contributed by atoms with Gasteiger partial charge in [-0.05, 0) is 94.7 Å². The van der Waals surface area contributed by atoms with Gasteiger partial charge in [-0.25, -0.2) is 14.3 Å². The zero-order chi connectivity index (χ0) is 34.9. The Hall–Kier alpha value is -5.11. The number of fused-ring (bicyclic) bond motifs is 2. The Morgan fingerprint density at radius 2 is 1.72 bits per heavy atom. The highest BCUT2D eigenvalue weighted by atomic mass is 16.6. The Kier molecular flexibility index (Phi) is 7.55. The lowest BCUT2D eigenvalue weighted by Gasteiger charge is -2.60. The zero-order valence-electron chi connectivity index (χ0n) is 29.3. The molecule has 11 nitrogen and oxygen atoms in total. The third-order valence-electron chi connectivity index (χ3n) is 11.0. The molecule has 3 saturated heterocycles. The number of nitrogens with zero attached hydrogens (tertiary/aromatic N) is 7. The van der Waals surface area contributed by atoms with E-state index in [1.807, 2.05) is 93.2 Å². The van der Waals surface area contributed by atoms with Crippen LogP contribution in [0.15, 0.2) is 55.0 Å². The molecular weight excluding hydrogens is 630 g/mol. The maximum atomic E-state index is 13.2. The Balaban J connectivity index is 0.926. The summed E-state index contributed by atoms with van der Waals surface area (Å²) in [6.45, 7) is 14.4. The van der Waals surface area contributed by atoms with Gasteiger partial charge >= 0.3 is 6.09 Å². The highest BCUT2D eigenvalue weighted by Gasteiger charge is 2.53. The predicted octanol–water partition coefficient (Wildman–Crippen LogP) is 5.87. The van der Waals surface area contributed by atoms with Crippen molar-refractivity contribution in [2.24, 2.45) is 17.3 Å². The standard InChI is InChI=1S/C39H43N7O4/c1-24-7-6-8-32(25(24)2)36(47)45-22-39(23-45)20-44(21-39)34-10-9-26(15-41-34)33-13-31(19-46-35(33)29(14-40)16-42-46)49-30-11-27-17-43(18-28(27)12-30)37(48)50-38(3,4)5/h6-10,13,15-16,19,27-28,30H,11-12,17-18,20-23H2,1-5H3. The number of aryl methyl sites for hydroxylation is 1. The summed E-state index contributed by atoms with van der Waals surface area (Å²) in [5, 5.41) is 14.3. The maximum Gasteiger partial charge on any atom is 0.410 e. The van der Waals surface area contributed by atoms with Crippen LogP contribution in [0.2, 0.25) is 0 Å². The average Bonchev–Trinajstić information content (AvgIpc) is 3.73. The molecule has 8 rings (SSSR count). The molecule has 4 aromatic rings. The number of rotatable bonds is 5. The van der Waals surface area contributed by atoms with Crippen molar-refractivity contribution in [1.82, 2.24) is 24.4 Å². The molecule has 4 aliphatic rings. The Labute approximate surface area is 292 Å². The smallest absolute Gasteiger partial charge is 0.410 e. The van der Waals surface area contributed by atoms with Gasteiger partial charge < -0.3 is 24.2 Å². The van der Waals surface area contributed by atoms with Crippen LogP contribution in [0.4, 0.5) is 10.6 Å². The van der Waals surface area contributed by atoms with Gasteiger partial charge in [0, 0.05) is 67.6 Å². The molecule has 3 aliphatic heterocycles. The molecular formula is C39H43N7O4. The van der Waals surface area contributed by atoms with E-state index in [-0.39, 0.29) is 23.5 Å². The van der Waals surface area contributed by atoms with Crippen molar-refractivity contribution >= 4 is 23.3 Å². The summed E-state index contributed by atoms with van der Waals surface area (Å²) >= 11 is 0. The van der Waals surface area contributed by atoms with Crippen molar-refractivity contribution in [3.63, 3.8) is 0 Å². The molecule has 0 radical (unpaired) electrons. The lowest BCUT2D eigenvalue weighted by Crippen LogP contribution is -2.73. The molecule has 0 bridgehead atoms. The van der Waals surface area contributed by atoms with Crippen LogP contribution in [-0.2, 0) is 4.74 Å². The highest BCUT2D eigenvalue weighted by molar-refractivity contribution is 5.96. The van der Waals surface area contributed by atoms with Gasteiger partial charge in [0.1, 0.15) is 23.2 Å². The Bertz CT molecular complexity index is 2010. The first-order chi connectivity index (χ1) is 23.9. The zero-order valence-corrected chi connectivity index (χ0v) is 29.3. The fourth-order valence-corrected chi connectivity index (χ4v) is 8.39. The van der Waals surface area contributed by atoms with E-state index in [1.54, 1.807) is 10.7 Å². The third-order valence-corrected chi connectivity index (χ3v) is 11.0. The maximum absolute atomic E-state index is 13.2. The van der Waals surface area contributed by atoms with Crippen molar-refractivity contribution in [1.29, 1.82) is 5.26 Å². The number of aromatic nitrogens is 3. The lowest BCUT2D eigenvalue weighted by atomic mass is 9.72. The first-order valence-corrected chi connectivity index (χ1v) is 17.5. The monoisotopic (exact) mass is 673 g/mol. The molecule has 1 aliphatic carbocycles. The first-order valence-electron chi connectivity index (χ1n) is 17.5. The van der Waals surface area contributed by atoms with Gasteiger partial charge in [-0.3, -0.25) is 4.79 Å². The molecule has 2 atom stereocenters. The molecule has 258 valence electrons. The van der Waals surface area contributed by atoms with E-state index in [9.17, 15) is 14.9 Å². The number of amides is 2. The van der Waals surface area contributed by atoms with Gasteiger partial charge in [-0.15, -0.1) is 0 Å². The minimum absolute atomic E-state index is 0.0277. The number of pyridine rings is 2.